The number of methoxy groups -OCH3 is 1. The van der Waals surface area contributed by atoms with Crippen LogP contribution in [0.15, 0.2) is 18.3 Å². The maximum absolute atomic E-state index is 12.0. The lowest BCUT2D eigenvalue weighted by atomic mass is 10.1. The molecule has 0 aromatic carbocycles. The molecular formula is C12H16N2O4S. The van der Waals surface area contributed by atoms with Gasteiger partial charge in [0.05, 0.1) is 18.6 Å². The van der Waals surface area contributed by atoms with Gasteiger partial charge in [0.15, 0.2) is 0 Å². The zero-order chi connectivity index (χ0) is 13.9. The minimum Gasteiger partial charge on any atom is -0.497 e. The van der Waals surface area contributed by atoms with Gasteiger partial charge in [0.25, 0.3) is 5.91 Å². The van der Waals surface area contributed by atoms with Crippen LogP contribution in [-0.2, 0) is 9.84 Å². The Balaban J connectivity index is 1.98. The summed E-state index contributed by atoms with van der Waals surface area (Å²) in [5.74, 6) is 0.516. The summed E-state index contributed by atoms with van der Waals surface area (Å²) in [4.78, 5) is 15.9. The molecule has 1 fully saturated rings. The molecule has 1 aliphatic heterocycles. The van der Waals surface area contributed by atoms with E-state index < -0.39 is 9.84 Å². The standard InChI is InChI=1S/C12H16N2O4S/c1-18-10-2-5-13-11(8-10)12(15)14-9-3-6-19(16,17)7-4-9/h2,5,8-9H,3-4,6-7H2,1H3,(H,14,15). The Morgan fingerprint density at radius 3 is 2.74 bits per heavy atom. The Morgan fingerprint density at radius 1 is 1.42 bits per heavy atom. The third-order valence-corrected chi connectivity index (χ3v) is 4.81. The average molecular weight is 284 g/mol. The fourth-order valence-electron chi connectivity index (χ4n) is 1.96. The Bertz CT molecular complexity index is 557. The number of nitrogens with one attached hydrogen (secondary N) is 1. The van der Waals surface area contributed by atoms with Crippen molar-refractivity contribution in [3.63, 3.8) is 0 Å². The van der Waals surface area contributed by atoms with Crippen LogP contribution in [0.3, 0.4) is 0 Å². The van der Waals surface area contributed by atoms with Crippen LogP contribution in [0.4, 0.5) is 0 Å². The molecule has 6 nitrogen and oxygen atoms in total. The lowest BCUT2D eigenvalue weighted by Crippen LogP contribution is -2.41. The summed E-state index contributed by atoms with van der Waals surface area (Å²) in [6, 6.07) is 3.10. The van der Waals surface area contributed by atoms with Crippen molar-refractivity contribution in [2.24, 2.45) is 0 Å². The van der Waals surface area contributed by atoms with Crippen molar-refractivity contribution >= 4 is 15.7 Å². The lowest BCUT2D eigenvalue weighted by molar-refractivity contribution is 0.0929. The fraction of sp³-hybridized carbons (Fsp3) is 0.500. The van der Waals surface area contributed by atoms with Crippen LogP contribution >= 0.6 is 0 Å². The summed E-state index contributed by atoms with van der Waals surface area (Å²) in [6.45, 7) is 0. The Labute approximate surface area is 112 Å². The highest BCUT2D eigenvalue weighted by Crippen LogP contribution is 2.14. The summed E-state index contributed by atoms with van der Waals surface area (Å²) in [6.07, 6.45) is 2.41. The van der Waals surface area contributed by atoms with Crippen molar-refractivity contribution in [1.29, 1.82) is 0 Å². The molecule has 1 aromatic rings. The van der Waals surface area contributed by atoms with Gasteiger partial charge < -0.3 is 10.1 Å². The third-order valence-electron chi connectivity index (χ3n) is 3.09. The van der Waals surface area contributed by atoms with E-state index in [0.29, 0.717) is 18.6 Å². The quantitative estimate of drug-likeness (QED) is 0.868. The number of hydrogen-bond acceptors (Lipinski definition) is 5. The number of nitrogens with zero attached hydrogens (tertiary/aromatic N) is 1. The summed E-state index contributed by atoms with van der Waals surface area (Å²) < 4.78 is 27.6. The number of aromatic nitrogens is 1. The molecule has 0 unspecified atom stereocenters. The van der Waals surface area contributed by atoms with Crippen molar-refractivity contribution in [2.45, 2.75) is 18.9 Å². The Kier molecular flexibility index (Phi) is 4.04. The van der Waals surface area contributed by atoms with E-state index in [-0.39, 0.29) is 29.1 Å². The summed E-state index contributed by atoms with van der Waals surface area (Å²) in [5, 5.41) is 2.80. The number of ether oxygens (including phenoxy) is 1. The molecular weight excluding hydrogens is 268 g/mol. The minimum absolute atomic E-state index is 0.107. The second-order valence-corrected chi connectivity index (χ2v) is 6.78. The molecule has 0 spiro atoms. The molecule has 1 N–H and O–H groups in total. The molecule has 19 heavy (non-hydrogen) atoms. The molecule has 2 rings (SSSR count). The van der Waals surface area contributed by atoms with Gasteiger partial charge in [-0.3, -0.25) is 9.78 Å². The van der Waals surface area contributed by atoms with Gasteiger partial charge in [-0.25, -0.2) is 8.42 Å². The number of hydrogen-bond donors (Lipinski definition) is 1. The first-order valence-electron chi connectivity index (χ1n) is 6.01. The van der Waals surface area contributed by atoms with Gasteiger partial charge >= 0.3 is 0 Å². The van der Waals surface area contributed by atoms with E-state index in [0.717, 1.165) is 0 Å². The maximum Gasteiger partial charge on any atom is 0.270 e. The third kappa shape index (κ3) is 3.66. The minimum atomic E-state index is -2.91. The zero-order valence-electron chi connectivity index (χ0n) is 10.6. The van der Waals surface area contributed by atoms with E-state index in [1.54, 1.807) is 12.1 Å². The molecule has 1 aliphatic rings. The highest BCUT2D eigenvalue weighted by molar-refractivity contribution is 7.91. The highest BCUT2D eigenvalue weighted by atomic mass is 32.2. The predicted molar refractivity (Wildman–Crippen MR) is 69.9 cm³/mol. The van der Waals surface area contributed by atoms with Crippen LogP contribution in [0.1, 0.15) is 23.3 Å². The molecule has 2 heterocycles. The fourth-order valence-corrected chi connectivity index (χ4v) is 3.45. The number of pyridine rings is 1. The van der Waals surface area contributed by atoms with E-state index >= 15 is 0 Å². The van der Waals surface area contributed by atoms with Crippen molar-refractivity contribution in [1.82, 2.24) is 10.3 Å². The number of sulfone groups is 1. The number of rotatable bonds is 3. The molecule has 1 aromatic heterocycles. The van der Waals surface area contributed by atoms with Gasteiger partial charge in [-0.05, 0) is 18.9 Å². The molecule has 0 atom stereocenters. The smallest absolute Gasteiger partial charge is 0.270 e. The Morgan fingerprint density at radius 2 is 2.11 bits per heavy atom. The molecule has 104 valence electrons. The highest BCUT2D eigenvalue weighted by Gasteiger charge is 2.25. The van der Waals surface area contributed by atoms with Crippen LogP contribution in [0.5, 0.6) is 5.75 Å². The molecule has 0 radical (unpaired) electrons. The van der Waals surface area contributed by atoms with Crippen LogP contribution < -0.4 is 10.1 Å². The molecule has 0 bridgehead atoms. The van der Waals surface area contributed by atoms with Crippen LogP contribution in [0, 0.1) is 0 Å². The summed E-state index contributed by atoms with van der Waals surface area (Å²) in [5.41, 5.74) is 0.271. The monoisotopic (exact) mass is 284 g/mol. The van der Waals surface area contributed by atoms with E-state index in [1.165, 1.54) is 13.3 Å². The first kappa shape index (κ1) is 13.8. The van der Waals surface area contributed by atoms with Crippen molar-refractivity contribution in [3.8, 4) is 5.75 Å². The van der Waals surface area contributed by atoms with Crippen LogP contribution in [0.25, 0.3) is 0 Å². The first-order chi connectivity index (χ1) is 9.00. The van der Waals surface area contributed by atoms with Gasteiger partial charge in [-0.1, -0.05) is 0 Å². The van der Waals surface area contributed by atoms with Crippen LogP contribution in [0.2, 0.25) is 0 Å². The molecule has 1 saturated heterocycles. The Hall–Kier alpha value is -1.63. The van der Waals surface area contributed by atoms with Gasteiger partial charge in [0.1, 0.15) is 21.3 Å². The van der Waals surface area contributed by atoms with Gasteiger partial charge in [-0.2, -0.15) is 0 Å². The van der Waals surface area contributed by atoms with Gasteiger partial charge in [0.2, 0.25) is 0 Å². The molecule has 0 aliphatic carbocycles. The number of amides is 1. The number of carbonyl (C=O) groups is 1. The van der Waals surface area contributed by atoms with Gasteiger partial charge in [-0.15, -0.1) is 0 Å². The number of carbonyl (C=O) groups excluding carboxylic acids is 1. The van der Waals surface area contributed by atoms with Crippen molar-refractivity contribution < 1.29 is 17.9 Å². The van der Waals surface area contributed by atoms with Crippen LogP contribution in [-0.4, -0.2) is 44.0 Å². The first-order valence-corrected chi connectivity index (χ1v) is 7.83. The van der Waals surface area contributed by atoms with E-state index in [4.69, 9.17) is 4.74 Å². The molecule has 0 saturated carbocycles. The molecule has 7 heteroatoms. The normalized spacial score (nSPS) is 18.8. The van der Waals surface area contributed by atoms with E-state index in [2.05, 4.69) is 10.3 Å². The average Bonchev–Trinajstić information content (AvgIpc) is 2.41. The van der Waals surface area contributed by atoms with Gasteiger partial charge in [0, 0.05) is 18.3 Å². The second-order valence-electron chi connectivity index (χ2n) is 4.48. The topological polar surface area (TPSA) is 85.4 Å². The predicted octanol–water partition coefficient (Wildman–Crippen LogP) is 0.397. The summed E-state index contributed by atoms with van der Waals surface area (Å²) >= 11 is 0. The largest absolute Gasteiger partial charge is 0.497 e. The maximum atomic E-state index is 12.0. The summed E-state index contributed by atoms with van der Waals surface area (Å²) in [7, 11) is -1.40. The van der Waals surface area contributed by atoms with Crippen molar-refractivity contribution in [3.05, 3.63) is 24.0 Å². The van der Waals surface area contributed by atoms with Crippen molar-refractivity contribution in [2.75, 3.05) is 18.6 Å². The zero-order valence-corrected chi connectivity index (χ0v) is 11.4. The van der Waals surface area contributed by atoms with E-state index in [9.17, 15) is 13.2 Å². The second kappa shape index (κ2) is 5.56. The lowest BCUT2D eigenvalue weighted by Gasteiger charge is -2.22. The van der Waals surface area contributed by atoms with E-state index in [1.807, 2.05) is 0 Å². The molecule has 1 amide bonds. The SMILES string of the molecule is COc1ccnc(C(=O)NC2CCS(=O)(=O)CC2)c1.